The zero-order valence-electron chi connectivity index (χ0n) is 16.3. The topological polar surface area (TPSA) is 91.4 Å². The summed E-state index contributed by atoms with van der Waals surface area (Å²) < 4.78 is 34.3. The summed E-state index contributed by atoms with van der Waals surface area (Å²) >= 11 is 0. The van der Waals surface area contributed by atoms with Gasteiger partial charge in [-0.3, -0.25) is 4.57 Å². The van der Waals surface area contributed by atoms with Crippen LogP contribution in [0.4, 0.5) is 0 Å². The molecule has 1 aliphatic heterocycles. The second kappa shape index (κ2) is 9.68. The summed E-state index contributed by atoms with van der Waals surface area (Å²) in [5.74, 6) is -2.53. The van der Waals surface area contributed by atoms with Crippen molar-refractivity contribution in [2.45, 2.75) is 19.6 Å². The fourth-order valence-electron chi connectivity index (χ4n) is 2.88. The van der Waals surface area contributed by atoms with Crippen molar-refractivity contribution >= 4 is 25.6 Å². The third-order valence-electron chi connectivity index (χ3n) is 4.00. The highest BCUT2D eigenvalue weighted by molar-refractivity contribution is 7.54. The van der Waals surface area contributed by atoms with E-state index in [4.69, 9.17) is 13.8 Å². The molecule has 1 aromatic rings. The van der Waals surface area contributed by atoms with Crippen LogP contribution in [0.1, 0.15) is 30.8 Å². The summed E-state index contributed by atoms with van der Waals surface area (Å²) in [5, 5.41) is 0. The lowest BCUT2D eigenvalue weighted by Crippen LogP contribution is -2.32. The van der Waals surface area contributed by atoms with Gasteiger partial charge in [0.05, 0.1) is 33.5 Å². The number of ether oxygens (including phenoxy) is 2. The van der Waals surface area contributed by atoms with Crippen LogP contribution in [0.3, 0.4) is 0 Å². The maximum Gasteiger partial charge on any atom is 0.357 e. The molecule has 0 fully saturated rings. The second-order valence-electron chi connectivity index (χ2n) is 5.65. The summed E-state index contributed by atoms with van der Waals surface area (Å²) in [6.45, 7) is 3.68. The third kappa shape index (κ3) is 4.52. The summed E-state index contributed by atoms with van der Waals surface area (Å²) in [6, 6.07) is 7.25. The molecule has 0 amide bonds. The molecule has 1 heterocycles. The van der Waals surface area contributed by atoms with Crippen LogP contribution in [0.25, 0.3) is 6.08 Å². The van der Waals surface area contributed by atoms with Gasteiger partial charge in [0.1, 0.15) is 5.70 Å². The van der Waals surface area contributed by atoms with E-state index < -0.39 is 25.3 Å². The molecule has 9 heteroatoms. The van der Waals surface area contributed by atoms with Gasteiger partial charge < -0.3 is 23.4 Å². The van der Waals surface area contributed by atoms with E-state index in [9.17, 15) is 14.2 Å². The minimum absolute atomic E-state index is 0.141. The number of hydrogen-bond donors (Lipinski definition) is 0. The number of methoxy groups -OCH3 is 2. The van der Waals surface area contributed by atoms with Gasteiger partial charge in [0.25, 0.3) is 0 Å². The predicted molar refractivity (Wildman–Crippen MR) is 103 cm³/mol. The van der Waals surface area contributed by atoms with Crippen LogP contribution in [0.15, 0.2) is 42.2 Å². The first kappa shape index (κ1) is 21.9. The van der Waals surface area contributed by atoms with Gasteiger partial charge in [0.15, 0.2) is 5.78 Å². The van der Waals surface area contributed by atoms with E-state index in [2.05, 4.69) is 4.74 Å². The van der Waals surface area contributed by atoms with Gasteiger partial charge in [-0.1, -0.05) is 24.3 Å². The van der Waals surface area contributed by atoms with Gasteiger partial charge in [0, 0.05) is 6.20 Å². The number of fused-ring (bicyclic) bond motifs is 1. The molecule has 0 saturated heterocycles. The van der Waals surface area contributed by atoms with Crippen molar-refractivity contribution in [3.8, 4) is 0 Å². The maximum atomic E-state index is 13.7. The summed E-state index contributed by atoms with van der Waals surface area (Å²) in [6.07, 6.45) is 4.27. The van der Waals surface area contributed by atoms with Gasteiger partial charge in [0.2, 0.25) is 0 Å². The molecule has 28 heavy (non-hydrogen) atoms. The Balaban J connectivity index is 2.69. The second-order valence-corrected chi connectivity index (χ2v) is 7.73. The molecule has 0 bridgehead atoms. The first-order chi connectivity index (χ1) is 13.4. The number of rotatable bonds is 8. The zero-order valence-corrected chi connectivity index (χ0v) is 17.2. The molecule has 2 rings (SSSR count). The molecule has 0 N–H and O–H groups in total. The van der Waals surface area contributed by atoms with E-state index >= 15 is 0 Å². The van der Waals surface area contributed by atoms with Crippen LogP contribution in [0.2, 0.25) is 0 Å². The molecule has 1 aromatic carbocycles. The zero-order chi connectivity index (χ0) is 20.7. The molecule has 0 aromatic heterocycles. The molecular formula is C19H24NO7P. The minimum Gasteiger partial charge on any atom is -0.466 e. The van der Waals surface area contributed by atoms with Gasteiger partial charge >= 0.3 is 19.5 Å². The van der Waals surface area contributed by atoms with E-state index in [0.717, 1.165) is 11.6 Å². The molecule has 1 unspecified atom stereocenters. The number of esters is 2. The Labute approximate surface area is 164 Å². The fraction of sp³-hybridized carbons (Fsp3) is 0.368. The van der Waals surface area contributed by atoms with Crippen molar-refractivity contribution in [1.82, 2.24) is 4.90 Å². The number of carbonyl (C=O) groups is 2. The molecule has 0 saturated carbocycles. The molecule has 1 atom stereocenters. The van der Waals surface area contributed by atoms with Gasteiger partial charge in [-0.05, 0) is 31.1 Å². The van der Waals surface area contributed by atoms with Crippen molar-refractivity contribution in [3.63, 3.8) is 0 Å². The van der Waals surface area contributed by atoms with E-state index in [1.807, 2.05) is 12.1 Å². The highest BCUT2D eigenvalue weighted by atomic mass is 31.2. The van der Waals surface area contributed by atoms with Crippen molar-refractivity contribution in [2.75, 3.05) is 27.4 Å². The molecule has 8 nitrogen and oxygen atoms in total. The molecule has 0 radical (unpaired) electrons. The quantitative estimate of drug-likeness (QED) is 0.366. The maximum absolute atomic E-state index is 13.7. The van der Waals surface area contributed by atoms with Crippen molar-refractivity contribution in [1.29, 1.82) is 0 Å². The van der Waals surface area contributed by atoms with Crippen molar-refractivity contribution in [2.24, 2.45) is 0 Å². The SMILES string of the molecule is CCOP(=O)(OCC)C1c2ccccc2C=CN1/C(=C/C(=O)OC)C(=O)OC. The lowest BCUT2D eigenvalue weighted by Gasteiger charge is -2.38. The summed E-state index contributed by atoms with van der Waals surface area (Å²) in [5.41, 5.74) is 1.28. The lowest BCUT2D eigenvalue weighted by molar-refractivity contribution is -0.139. The van der Waals surface area contributed by atoms with Crippen LogP contribution < -0.4 is 0 Å². The van der Waals surface area contributed by atoms with Gasteiger partial charge in [-0.15, -0.1) is 0 Å². The summed E-state index contributed by atoms with van der Waals surface area (Å²) in [4.78, 5) is 25.6. The molecule has 0 aliphatic carbocycles. The number of carbonyl (C=O) groups excluding carboxylic acids is 2. The van der Waals surface area contributed by atoms with Crippen LogP contribution in [0.5, 0.6) is 0 Å². The van der Waals surface area contributed by atoms with E-state index in [0.29, 0.717) is 5.56 Å². The molecule has 0 spiro atoms. The smallest absolute Gasteiger partial charge is 0.357 e. The third-order valence-corrected chi connectivity index (χ3v) is 6.36. The summed E-state index contributed by atoms with van der Waals surface area (Å²) in [7, 11) is -1.38. The Bertz CT molecular complexity index is 823. The molecule has 1 aliphatic rings. The largest absolute Gasteiger partial charge is 0.466 e. The monoisotopic (exact) mass is 409 g/mol. The Morgan fingerprint density at radius 2 is 1.75 bits per heavy atom. The van der Waals surface area contributed by atoms with Crippen molar-refractivity contribution < 1.29 is 32.7 Å². The van der Waals surface area contributed by atoms with Crippen LogP contribution in [-0.2, 0) is 32.7 Å². The Morgan fingerprint density at radius 1 is 1.11 bits per heavy atom. The first-order valence-corrected chi connectivity index (χ1v) is 10.3. The average Bonchev–Trinajstić information content (AvgIpc) is 2.70. The van der Waals surface area contributed by atoms with Gasteiger partial charge in [-0.25, -0.2) is 9.59 Å². The normalized spacial score (nSPS) is 16.5. The van der Waals surface area contributed by atoms with Crippen LogP contribution in [0, 0.1) is 0 Å². The standard InChI is InChI=1S/C19H24NO7P/c1-5-26-28(23,27-6-2)18-15-10-8-7-9-14(15)11-12-20(18)16(19(22)25-4)13-17(21)24-3/h7-13,18H,5-6H2,1-4H3/b16-13+. The average molecular weight is 409 g/mol. The highest BCUT2D eigenvalue weighted by Crippen LogP contribution is 2.64. The fourth-order valence-corrected chi connectivity index (χ4v) is 5.04. The van der Waals surface area contributed by atoms with E-state index in [1.54, 1.807) is 38.3 Å². The first-order valence-electron chi connectivity index (χ1n) is 8.74. The van der Waals surface area contributed by atoms with Crippen LogP contribution >= 0.6 is 7.60 Å². The van der Waals surface area contributed by atoms with E-state index in [1.165, 1.54) is 19.1 Å². The van der Waals surface area contributed by atoms with Crippen molar-refractivity contribution in [3.05, 3.63) is 53.4 Å². The molecule has 152 valence electrons. The van der Waals surface area contributed by atoms with Crippen LogP contribution in [-0.4, -0.2) is 44.3 Å². The minimum atomic E-state index is -3.77. The van der Waals surface area contributed by atoms with Gasteiger partial charge in [-0.2, -0.15) is 0 Å². The Hall–Kier alpha value is -2.41. The van der Waals surface area contributed by atoms with E-state index in [-0.39, 0.29) is 18.9 Å². The Kier molecular flexibility index (Phi) is 7.57. The predicted octanol–water partition coefficient (Wildman–Crippen LogP) is 3.47. The lowest BCUT2D eigenvalue weighted by atomic mass is 10.0. The number of hydrogen-bond acceptors (Lipinski definition) is 8. The number of nitrogens with zero attached hydrogens (tertiary/aromatic N) is 1. The molecular weight excluding hydrogens is 385 g/mol. The highest BCUT2D eigenvalue weighted by Gasteiger charge is 2.45. The Morgan fingerprint density at radius 3 is 2.32 bits per heavy atom. The number of benzene rings is 1.